The number of amides is 1. The van der Waals surface area contributed by atoms with Gasteiger partial charge in [0.1, 0.15) is 0 Å². The van der Waals surface area contributed by atoms with Crippen molar-refractivity contribution in [3.8, 4) is 0 Å². The fourth-order valence-electron chi connectivity index (χ4n) is 3.81. The van der Waals surface area contributed by atoms with Crippen LogP contribution in [0.4, 0.5) is 0 Å². The standard InChI is InChI=1S/C20H22N2O/c1-4-5-10-22-16-12-20(2,3)11-15-18(16)17(19(22)23)13-8-6-7-9-14(13)21-15/h6-9,12H,4-5,10-11H2,1-3H3. The Kier molecular flexibility index (Phi) is 3.09. The first-order valence-electron chi connectivity index (χ1n) is 8.48. The van der Waals surface area contributed by atoms with Crippen molar-refractivity contribution in [1.29, 1.82) is 0 Å². The van der Waals surface area contributed by atoms with Crippen molar-refractivity contribution in [2.24, 2.45) is 5.41 Å². The van der Waals surface area contributed by atoms with Crippen molar-refractivity contribution >= 4 is 22.5 Å². The number of benzene rings is 1. The number of para-hydroxylation sites is 1. The van der Waals surface area contributed by atoms with E-state index in [1.165, 1.54) is 0 Å². The molecule has 4 rings (SSSR count). The van der Waals surface area contributed by atoms with Gasteiger partial charge in [0, 0.05) is 17.5 Å². The number of unbranched alkanes of at least 4 members (excludes halogenated alkanes) is 1. The second-order valence-corrected chi connectivity index (χ2v) is 7.33. The molecule has 2 aromatic rings. The van der Waals surface area contributed by atoms with Gasteiger partial charge in [-0.25, -0.2) is 0 Å². The Labute approximate surface area is 137 Å². The lowest BCUT2D eigenvalue weighted by molar-refractivity contribution is 0.0850. The molecule has 2 heterocycles. The molecule has 0 radical (unpaired) electrons. The normalized spacial score (nSPS) is 18.3. The van der Waals surface area contributed by atoms with Crippen LogP contribution in [0.2, 0.25) is 0 Å². The Hall–Kier alpha value is -2.16. The molecule has 0 bridgehead atoms. The number of hydrogen-bond acceptors (Lipinski definition) is 2. The second-order valence-electron chi connectivity index (χ2n) is 7.33. The third kappa shape index (κ3) is 2.10. The van der Waals surface area contributed by atoms with Gasteiger partial charge in [0.15, 0.2) is 0 Å². The maximum absolute atomic E-state index is 13.1. The summed E-state index contributed by atoms with van der Waals surface area (Å²) >= 11 is 0. The summed E-state index contributed by atoms with van der Waals surface area (Å²) in [7, 11) is 0. The van der Waals surface area contributed by atoms with Gasteiger partial charge in [-0.05, 0) is 24.3 Å². The van der Waals surface area contributed by atoms with E-state index in [-0.39, 0.29) is 11.3 Å². The first kappa shape index (κ1) is 14.4. The van der Waals surface area contributed by atoms with E-state index < -0.39 is 0 Å². The Balaban J connectivity index is 2.00. The summed E-state index contributed by atoms with van der Waals surface area (Å²) in [6.45, 7) is 7.40. The number of nitrogens with zero attached hydrogens (tertiary/aromatic N) is 2. The summed E-state index contributed by atoms with van der Waals surface area (Å²) in [5.41, 5.74) is 5.08. The molecule has 118 valence electrons. The molecule has 1 amide bonds. The fourth-order valence-corrected chi connectivity index (χ4v) is 3.81. The summed E-state index contributed by atoms with van der Waals surface area (Å²) in [4.78, 5) is 20.0. The molecule has 1 aliphatic heterocycles. The number of fused-ring (bicyclic) bond motifs is 2. The molecule has 3 heteroatoms. The van der Waals surface area contributed by atoms with E-state index >= 15 is 0 Å². The number of allylic oxidation sites excluding steroid dienone is 1. The minimum atomic E-state index is 0.0319. The topological polar surface area (TPSA) is 33.2 Å². The Morgan fingerprint density at radius 2 is 2.00 bits per heavy atom. The van der Waals surface area contributed by atoms with E-state index in [1.807, 2.05) is 29.2 Å². The molecule has 23 heavy (non-hydrogen) atoms. The van der Waals surface area contributed by atoms with Gasteiger partial charge in [-0.3, -0.25) is 9.78 Å². The lowest BCUT2D eigenvalue weighted by Crippen LogP contribution is -2.27. The lowest BCUT2D eigenvalue weighted by atomic mass is 9.79. The summed E-state index contributed by atoms with van der Waals surface area (Å²) in [5, 5.41) is 0.987. The zero-order valence-corrected chi connectivity index (χ0v) is 14.0. The highest BCUT2D eigenvalue weighted by Gasteiger charge is 2.40. The third-order valence-electron chi connectivity index (χ3n) is 4.86. The maximum Gasteiger partial charge on any atom is 0.259 e. The van der Waals surface area contributed by atoms with Crippen LogP contribution in [0.3, 0.4) is 0 Å². The van der Waals surface area contributed by atoms with Crippen LogP contribution < -0.4 is 0 Å². The van der Waals surface area contributed by atoms with Crippen LogP contribution in [-0.2, 0) is 6.42 Å². The number of carbonyl (C=O) groups excluding carboxylic acids is 1. The number of hydrogen-bond donors (Lipinski definition) is 0. The van der Waals surface area contributed by atoms with Gasteiger partial charge in [-0.2, -0.15) is 0 Å². The minimum absolute atomic E-state index is 0.0319. The molecule has 2 aliphatic rings. The maximum atomic E-state index is 13.1. The molecule has 0 fully saturated rings. The van der Waals surface area contributed by atoms with Crippen LogP contribution in [0.25, 0.3) is 16.6 Å². The summed E-state index contributed by atoms with van der Waals surface area (Å²) < 4.78 is 0. The number of rotatable bonds is 3. The molecule has 0 saturated carbocycles. The van der Waals surface area contributed by atoms with Crippen LogP contribution in [-0.4, -0.2) is 22.3 Å². The summed E-state index contributed by atoms with van der Waals surface area (Å²) in [6.07, 6.45) is 5.27. The zero-order chi connectivity index (χ0) is 16.2. The van der Waals surface area contributed by atoms with E-state index in [2.05, 4.69) is 26.8 Å². The summed E-state index contributed by atoms with van der Waals surface area (Å²) in [6, 6.07) is 8.02. The van der Waals surface area contributed by atoms with E-state index in [9.17, 15) is 4.79 Å². The molecule has 0 unspecified atom stereocenters. The van der Waals surface area contributed by atoms with Crippen molar-refractivity contribution in [2.45, 2.75) is 40.0 Å². The Bertz CT molecular complexity index is 848. The molecule has 0 atom stereocenters. The first-order chi connectivity index (χ1) is 11.0. The fraction of sp³-hybridized carbons (Fsp3) is 0.400. The average Bonchev–Trinajstić information content (AvgIpc) is 2.78. The van der Waals surface area contributed by atoms with E-state index in [0.29, 0.717) is 0 Å². The van der Waals surface area contributed by atoms with Crippen molar-refractivity contribution in [1.82, 2.24) is 9.88 Å². The van der Waals surface area contributed by atoms with Crippen molar-refractivity contribution in [3.63, 3.8) is 0 Å². The number of aromatic nitrogens is 1. The highest BCUT2D eigenvalue weighted by atomic mass is 16.2. The largest absolute Gasteiger partial charge is 0.308 e. The molecule has 0 N–H and O–H groups in total. The average molecular weight is 306 g/mol. The Morgan fingerprint density at radius 1 is 1.22 bits per heavy atom. The molecule has 0 saturated heterocycles. The molecule has 0 spiro atoms. The van der Waals surface area contributed by atoms with E-state index in [4.69, 9.17) is 4.98 Å². The van der Waals surface area contributed by atoms with Crippen LogP contribution in [0.1, 0.15) is 55.2 Å². The SMILES string of the molecule is CCCCN1C(=O)c2c3c(nc4ccccc24)CC(C)(C)C=C31. The smallest absolute Gasteiger partial charge is 0.259 e. The van der Waals surface area contributed by atoms with Crippen LogP contribution in [0.5, 0.6) is 0 Å². The van der Waals surface area contributed by atoms with Gasteiger partial charge in [-0.1, -0.05) is 51.5 Å². The summed E-state index contributed by atoms with van der Waals surface area (Å²) in [5.74, 6) is 0.150. The zero-order valence-electron chi connectivity index (χ0n) is 14.0. The van der Waals surface area contributed by atoms with Crippen molar-refractivity contribution in [3.05, 3.63) is 47.2 Å². The third-order valence-corrected chi connectivity index (χ3v) is 4.86. The molecule has 3 nitrogen and oxygen atoms in total. The molecule has 1 aliphatic carbocycles. The Morgan fingerprint density at radius 3 is 2.78 bits per heavy atom. The quantitative estimate of drug-likeness (QED) is 0.841. The molecule has 1 aromatic carbocycles. The number of carbonyl (C=O) groups is 1. The van der Waals surface area contributed by atoms with Crippen LogP contribution in [0.15, 0.2) is 30.3 Å². The molecular formula is C20H22N2O. The van der Waals surface area contributed by atoms with Gasteiger partial charge in [0.25, 0.3) is 5.91 Å². The first-order valence-corrected chi connectivity index (χ1v) is 8.48. The second kappa shape index (κ2) is 4.92. The van der Waals surface area contributed by atoms with Crippen LogP contribution >= 0.6 is 0 Å². The predicted octanol–water partition coefficient (Wildman–Crippen LogP) is 4.41. The van der Waals surface area contributed by atoms with Gasteiger partial charge in [0.2, 0.25) is 0 Å². The minimum Gasteiger partial charge on any atom is -0.308 e. The van der Waals surface area contributed by atoms with E-state index in [1.54, 1.807) is 0 Å². The molecule has 1 aromatic heterocycles. The molecular weight excluding hydrogens is 284 g/mol. The van der Waals surface area contributed by atoms with E-state index in [0.717, 1.165) is 59.2 Å². The van der Waals surface area contributed by atoms with Crippen LogP contribution in [0, 0.1) is 5.41 Å². The van der Waals surface area contributed by atoms with Gasteiger partial charge in [0.05, 0.1) is 22.5 Å². The lowest BCUT2D eigenvalue weighted by Gasteiger charge is -2.30. The highest BCUT2D eigenvalue weighted by molar-refractivity contribution is 6.17. The highest BCUT2D eigenvalue weighted by Crippen LogP contribution is 2.45. The number of pyridine rings is 1. The van der Waals surface area contributed by atoms with Crippen molar-refractivity contribution in [2.75, 3.05) is 6.54 Å². The monoisotopic (exact) mass is 306 g/mol. The van der Waals surface area contributed by atoms with Crippen molar-refractivity contribution < 1.29 is 4.79 Å². The van der Waals surface area contributed by atoms with Gasteiger partial charge < -0.3 is 4.90 Å². The van der Waals surface area contributed by atoms with Gasteiger partial charge >= 0.3 is 0 Å². The van der Waals surface area contributed by atoms with Gasteiger partial charge in [-0.15, -0.1) is 0 Å². The predicted molar refractivity (Wildman–Crippen MR) is 93.1 cm³/mol.